The lowest BCUT2D eigenvalue weighted by Gasteiger charge is -2.33. The van der Waals surface area contributed by atoms with E-state index in [2.05, 4.69) is 4.74 Å². The normalized spacial score (nSPS) is 16.7. The van der Waals surface area contributed by atoms with Crippen molar-refractivity contribution >= 4 is 0 Å². The molecule has 0 saturated heterocycles. The van der Waals surface area contributed by atoms with Gasteiger partial charge in [-0.25, -0.2) is 35.1 Å². The predicted octanol–water partition coefficient (Wildman–Crippen LogP) is 4.85. The lowest BCUT2D eigenvalue weighted by Crippen LogP contribution is -2.51. The lowest BCUT2D eigenvalue weighted by atomic mass is 10.1. The van der Waals surface area contributed by atoms with Crippen LogP contribution in [-0.4, -0.2) is 49.8 Å². The highest BCUT2D eigenvalue weighted by Crippen LogP contribution is 2.38. The Labute approximate surface area is 121 Å². The van der Waals surface area contributed by atoms with E-state index in [0.717, 1.165) is 0 Å². The molecule has 0 aromatic rings. The Hall–Kier alpha value is -0.880. The maximum Gasteiger partial charge on any atom is 0.333 e. The summed E-state index contributed by atoms with van der Waals surface area (Å²) < 4.78 is 153. The quantitative estimate of drug-likeness (QED) is 0.497. The van der Waals surface area contributed by atoms with Gasteiger partial charge in [0.05, 0.1) is 0 Å². The van der Waals surface area contributed by atoms with E-state index in [-0.39, 0.29) is 0 Å². The highest BCUT2D eigenvalue weighted by Gasteiger charge is 2.56. The van der Waals surface area contributed by atoms with Gasteiger partial charge in [0.15, 0.2) is 0 Å². The molecule has 140 valence electrons. The van der Waals surface area contributed by atoms with Crippen molar-refractivity contribution in [2.75, 3.05) is 0 Å². The summed E-state index contributed by atoms with van der Waals surface area (Å²) in [4.78, 5) is 0. The van der Waals surface area contributed by atoms with Crippen LogP contribution in [0.25, 0.3) is 0 Å². The molecule has 0 rings (SSSR count). The fourth-order valence-electron chi connectivity index (χ4n) is 1.41. The highest BCUT2D eigenvalue weighted by atomic mass is 19.3. The molecule has 0 aromatic carbocycles. The minimum Gasteiger partial charge on any atom is -0.362 e. The van der Waals surface area contributed by atoms with Crippen molar-refractivity contribution in [3.8, 4) is 0 Å². The molecule has 0 amide bonds. The molecule has 23 heavy (non-hydrogen) atoms. The monoisotopic (exact) mass is 374 g/mol. The summed E-state index contributed by atoms with van der Waals surface area (Å²) in [5.41, 5.74) is 0. The van der Waals surface area contributed by atoms with Gasteiger partial charge in [-0.05, 0) is 0 Å². The zero-order valence-corrected chi connectivity index (χ0v) is 10.8. The third kappa shape index (κ3) is 6.26. The summed E-state index contributed by atoms with van der Waals surface area (Å²) in [6.45, 7) is 0. The maximum atomic E-state index is 13.0. The molecular weight excluding hydrogens is 364 g/mol. The third-order valence-corrected chi connectivity index (χ3v) is 2.55. The van der Waals surface area contributed by atoms with Crippen LogP contribution in [0, 0.1) is 0 Å². The first-order chi connectivity index (χ1) is 10.2. The SMILES string of the molecule is FC(F)CC(OC(CC(F)F)C(F)(F)C(F)F)C(F)(F)C(F)F. The summed E-state index contributed by atoms with van der Waals surface area (Å²) >= 11 is 0. The van der Waals surface area contributed by atoms with Crippen molar-refractivity contribution in [1.29, 1.82) is 0 Å². The van der Waals surface area contributed by atoms with Crippen LogP contribution in [-0.2, 0) is 4.74 Å². The fraction of sp³-hybridized carbons (Fsp3) is 1.00. The van der Waals surface area contributed by atoms with Crippen molar-refractivity contribution < 1.29 is 57.4 Å². The molecule has 2 atom stereocenters. The Kier molecular flexibility index (Phi) is 7.97. The van der Waals surface area contributed by atoms with Gasteiger partial charge in [-0.2, -0.15) is 17.6 Å². The average molecular weight is 374 g/mol. The standard InChI is InChI=1S/C10H10F12O/c11-5(12)1-3(9(19,20)7(15)16)23-4(2-6(13)14)10(21,22)8(17)18/h3-8H,1-2H2. The molecule has 0 N–H and O–H groups in total. The van der Waals surface area contributed by atoms with Crippen LogP contribution in [0.1, 0.15) is 12.8 Å². The molecule has 0 aliphatic carbocycles. The Bertz CT molecular complexity index is 313. The highest BCUT2D eigenvalue weighted by molar-refractivity contribution is 4.87. The van der Waals surface area contributed by atoms with E-state index in [4.69, 9.17) is 0 Å². The second kappa shape index (κ2) is 8.29. The van der Waals surface area contributed by atoms with Gasteiger partial charge < -0.3 is 4.74 Å². The van der Waals surface area contributed by atoms with Crippen molar-refractivity contribution in [2.24, 2.45) is 0 Å². The molecule has 0 aromatic heterocycles. The zero-order chi connectivity index (χ0) is 18.6. The summed E-state index contributed by atoms with van der Waals surface area (Å²) in [6.07, 6.45) is -28.7. The van der Waals surface area contributed by atoms with Crippen LogP contribution in [0.5, 0.6) is 0 Å². The van der Waals surface area contributed by atoms with Crippen LogP contribution in [0.3, 0.4) is 0 Å². The summed E-state index contributed by atoms with van der Waals surface area (Å²) in [6, 6.07) is 0. The maximum absolute atomic E-state index is 13.0. The van der Waals surface area contributed by atoms with E-state index in [9.17, 15) is 52.7 Å². The van der Waals surface area contributed by atoms with Gasteiger partial charge in [0.25, 0.3) is 0 Å². The van der Waals surface area contributed by atoms with E-state index >= 15 is 0 Å². The molecule has 0 fully saturated rings. The van der Waals surface area contributed by atoms with Gasteiger partial charge in [0.2, 0.25) is 12.9 Å². The van der Waals surface area contributed by atoms with Gasteiger partial charge in [-0.3, -0.25) is 0 Å². The Morgan fingerprint density at radius 1 is 0.565 bits per heavy atom. The number of rotatable bonds is 10. The molecule has 2 unspecified atom stereocenters. The van der Waals surface area contributed by atoms with E-state index in [1.807, 2.05) is 0 Å². The topological polar surface area (TPSA) is 9.23 Å². The minimum atomic E-state index is -5.44. The molecule has 0 bridgehead atoms. The molecular formula is C10H10F12O. The third-order valence-electron chi connectivity index (χ3n) is 2.55. The Balaban J connectivity index is 5.51. The van der Waals surface area contributed by atoms with Crippen molar-refractivity contribution in [3.05, 3.63) is 0 Å². The van der Waals surface area contributed by atoms with Gasteiger partial charge >= 0.3 is 24.7 Å². The fourth-order valence-corrected chi connectivity index (χ4v) is 1.41. The molecule has 1 nitrogen and oxygen atoms in total. The number of hydrogen-bond acceptors (Lipinski definition) is 1. The van der Waals surface area contributed by atoms with Crippen LogP contribution < -0.4 is 0 Å². The average Bonchev–Trinajstić information content (AvgIpc) is 2.35. The lowest BCUT2D eigenvalue weighted by molar-refractivity contribution is -0.277. The first kappa shape index (κ1) is 22.1. The first-order valence-corrected chi connectivity index (χ1v) is 5.76. The Morgan fingerprint density at radius 2 is 0.826 bits per heavy atom. The minimum absolute atomic E-state index is 2.24. The van der Waals surface area contributed by atoms with E-state index in [1.54, 1.807) is 0 Å². The number of ether oxygens (including phenoxy) is 1. The predicted molar refractivity (Wildman–Crippen MR) is 51.8 cm³/mol. The smallest absolute Gasteiger partial charge is 0.333 e. The molecule has 0 aliphatic heterocycles. The second-order valence-electron chi connectivity index (χ2n) is 4.32. The van der Waals surface area contributed by atoms with Crippen LogP contribution >= 0.6 is 0 Å². The number of hydrogen-bond donors (Lipinski definition) is 0. The van der Waals surface area contributed by atoms with Gasteiger partial charge in [-0.1, -0.05) is 0 Å². The van der Waals surface area contributed by atoms with E-state index in [1.165, 1.54) is 0 Å². The second-order valence-corrected chi connectivity index (χ2v) is 4.32. The van der Waals surface area contributed by atoms with Crippen molar-refractivity contribution in [3.63, 3.8) is 0 Å². The Morgan fingerprint density at radius 3 is 1.00 bits per heavy atom. The zero-order valence-electron chi connectivity index (χ0n) is 10.8. The van der Waals surface area contributed by atoms with Crippen molar-refractivity contribution in [1.82, 2.24) is 0 Å². The largest absolute Gasteiger partial charge is 0.362 e. The summed E-state index contributed by atoms with van der Waals surface area (Å²) in [5, 5.41) is 0. The van der Waals surface area contributed by atoms with E-state index in [0.29, 0.717) is 0 Å². The molecule has 0 aliphatic rings. The van der Waals surface area contributed by atoms with Crippen LogP contribution in [0.2, 0.25) is 0 Å². The molecule has 0 heterocycles. The van der Waals surface area contributed by atoms with Gasteiger partial charge in [0, 0.05) is 12.8 Å². The van der Waals surface area contributed by atoms with Gasteiger partial charge in [0.1, 0.15) is 12.2 Å². The number of alkyl halides is 12. The molecule has 0 spiro atoms. The van der Waals surface area contributed by atoms with Crippen LogP contribution in [0.4, 0.5) is 52.7 Å². The molecule has 0 radical (unpaired) electrons. The number of halogens is 12. The van der Waals surface area contributed by atoms with Crippen LogP contribution in [0.15, 0.2) is 0 Å². The molecule has 13 heteroatoms. The first-order valence-electron chi connectivity index (χ1n) is 5.76. The summed E-state index contributed by atoms with van der Waals surface area (Å²) in [5.74, 6) is -10.9. The van der Waals surface area contributed by atoms with E-state index < -0.39 is 62.6 Å². The van der Waals surface area contributed by atoms with Crippen molar-refractivity contribution in [2.45, 2.75) is 62.6 Å². The molecule has 0 saturated carbocycles. The summed E-state index contributed by atoms with van der Waals surface area (Å²) in [7, 11) is 0. The van der Waals surface area contributed by atoms with Gasteiger partial charge in [-0.15, -0.1) is 0 Å².